The molecule has 0 bridgehead atoms. The molecular formula is C23H24N8O2. The number of amides is 1. The van der Waals surface area contributed by atoms with Gasteiger partial charge in [-0.25, -0.2) is 19.6 Å². The van der Waals surface area contributed by atoms with Crippen molar-refractivity contribution < 1.29 is 9.59 Å². The SMILES string of the molecule is CC(C)(C)n1ccc2cnc(C(=O)c3ccc(NC(=O)Cn4cc(C5CC5)nn4)nc3)nc21. The first-order valence-corrected chi connectivity index (χ1v) is 10.8. The summed E-state index contributed by atoms with van der Waals surface area (Å²) in [5.41, 5.74) is 1.80. The van der Waals surface area contributed by atoms with Gasteiger partial charge in [0.2, 0.25) is 17.5 Å². The molecule has 1 aliphatic carbocycles. The van der Waals surface area contributed by atoms with E-state index in [4.69, 9.17) is 0 Å². The van der Waals surface area contributed by atoms with Crippen LogP contribution in [0.4, 0.5) is 5.82 Å². The van der Waals surface area contributed by atoms with Crippen molar-refractivity contribution in [2.24, 2.45) is 0 Å². The Morgan fingerprint density at radius 2 is 1.94 bits per heavy atom. The summed E-state index contributed by atoms with van der Waals surface area (Å²) < 4.78 is 3.53. The molecule has 0 unspecified atom stereocenters. The van der Waals surface area contributed by atoms with Crippen LogP contribution in [0.25, 0.3) is 11.0 Å². The van der Waals surface area contributed by atoms with E-state index >= 15 is 0 Å². The highest BCUT2D eigenvalue weighted by molar-refractivity contribution is 6.07. The number of anilines is 1. The second kappa shape index (κ2) is 7.88. The van der Waals surface area contributed by atoms with Crippen LogP contribution in [-0.4, -0.2) is 46.2 Å². The van der Waals surface area contributed by atoms with Gasteiger partial charge in [0.05, 0.1) is 5.69 Å². The number of hydrogen-bond acceptors (Lipinski definition) is 7. The molecule has 4 aromatic rings. The molecule has 4 aromatic heterocycles. The number of carbonyl (C=O) groups excluding carboxylic acids is 2. The first-order valence-electron chi connectivity index (χ1n) is 10.8. The Labute approximate surface area is 190 Å². The smallest absolute Gasteiger partial charge is 0.247 e. The van der Waals surface area contributed by atoms with Gasteiger partial charge < -0.3 is 9.88 Å². The molecule has 0 aliphatic heterocycles. The molecule has 0 radical (unpaired) electrons. The van der Waals surface area contributed by atoms with Crippen LogP contribution in [0.2, 0.25) is 0 Å². The van der Waals surface area contributed by atoms with Crippen molar-refractivity contribution in [1.82, 2.24) is 34.5 Å². The number of rotatable bonds is 6. The summed E-state index contributed by atoms with van der Waals surface area (Å²) in [5.74, 6) is 0.320. The summed E-state index contributed by atoms with van der Waals surface area (Å²) in [4.78, 5) is 38.2. The highest BCUT2D eigenvalue weighted by atomic mass is 16.2. The number of carbonyl (C=O) groups is 2. The van der Waals surface area contributed by atoms with Gasteiger partial charge in [-0.2, -0.15) is 0 Å². The van der Waals surface area contributed by atoms with Crippen molar-refractivity contribution in [3.05, 3.63) is 60.1 Å². The standard InChI is InChI=1S/C23H24N8O2/c1-23(2,3)31-9-8-16-11-25-21(27-22(16)31)20(33)15-6-7-18(24-10-15)26-19(32)13-30-12-17(28-29-30)14-4-5-14/h6-12,14H,4-5,13H2,1-3H3,(H,24,26,32). The van der Waals surface area contributed by atoms with Crippen LogP contribution in [0.15, 0.2) is 43.0 Å². The van der Waals surface area contributed by atoms with Gasteiger partial charge in [0.15, 0.2) is 0 Å². The quantitative estimate of drug-likeness (QED) is 0.454. The van der Waals surface area contributed by atoms with Crippen molar-refractivity contribution in [2.75, 3.05) is 5.32 Å². The monoisotopic (exact) mass is 444 g/mol. The molecule has 0 aromatic carbocycles. The Kier molecular flexibility index (Phi) is 4.99. The van der Waals surface area contributed by atoms with Gasteiger partial charge in [-0.3, -0.25) is 9.59 Å². The minimum atomic E-state index is -0.334. The number of aromatic nitrogens is 7. The zero-order valence-electron chi connectivity index (χ0n) is 18.7. The predicted molar refractivity (Wildman–Crippen MR) is 121 cm³/mol. The van der Waals surface area contributed by atoms with Crippen LogP contribution < -0.4 is 5.32 Å². The van der Waals surface area contributed by atoms with Gasteiger partial charge in [0.25, 0.3) is 0 Å². The second-order valence-electron chi connectivity index (χ2n) is 9.25. The maximum atomic E-state index is 12.9. The molecule has 1 N–H and O–H groups in total. The van der Waals surface area contributed by atoms with Crippen LogP contribution in [0, 0.1) is 0 Å². The summed E-state index contributed by atoms with van der Waals surface area (Å²) >= 11 is 0. The van der Waals surface area contributed by atoms with E-state index in [0.29, 0.717) is 22.9 Å². The van der Waals surface area contributed by atoms with Gasteiger partial charge in [-0.1, -0.05) is 5.21 Å². The van der Waals surface area contributed by atoms with Crippen LogP contribution in [0.3, 0.4) is 0 Å². The molecule has 1 fully saturated rings. The van der Waals surface area contributed by atoms with Gasteiger partial charge in [-0.05, 0) is 51.8 Å². The maximum absolute atomic E-state index is 12.9. The van der Waals surface area contributed by atoms with E-state index in [1.165, 1.54) is 10.9 Å². The molecule has 1 saturated carbocycles. The van der Waals surface area contributed by atoms with Crippen molar-refractivity contribution in [3.63, 3.8) is 0 Å². The molecule has 1 aliphatic rings. The molecule has 33 heavy (non-hydrogen) atoms. The number of pyridine rings is 1. The Hall–Kier alpha value is -3.95. The molecule has 10 nitrogen and oxygen atoms in total. The highest BCUT2D eigenvalue weighted by Crippen LogP contribution is 2.38. The first-order chi connectivity index (χ1) is 15.8. The van der Waals surface area contributed by atoms with Crippen LogP contribution in [-0.2, 0) is 16.9 Å². The molecule has 0 saturated heterocycles. The van der Waals surface area contributed by atoms with Crippen molar-refractivity contribution in [3.8, 4) is 0 Å². The van der Waals surface area contributed by atoms with Crippen LogP contribution in [0.1, 0.15) is 61.4 Å². The Morgan fingerprint density at radius 1 is 1.12 bits per heavy atom. The van der Waals surface area contributed by atoms with E-state index in [-0.39, 0.29) is 29.6 Å². The van der Waals surface area contributed by atoms with Gasteiger partial charge in [0.1, 0.15) is 18.0 Å². The lowest BCUT2D eigenvalue weighted by Gasteiger charge is -2.21. The number of hydrogen-bond donors (Lipinski definition) is 1. The van der Waals surface area contributed by atoms with Crippen LogP contribution in [0.5, 0.6) is 0 Å². The van der Waals surface area contributed by atoms with Crippen molar-refractivity contribution >= 4 is 28.5 Å². The third-order valence-corrected chi connectivity index (χ3v) is 5.50. The zero-order chi connectivity index (χ0) is 23.2. The normalized spacial score (nSPS) is 13.9. The second-order valence-corrected chi connectivity index (χ2v) is 9.25. The van der Waals surface area contributed by atoms with Crippen molar-refractivity contribution in [2.45, 2.75) is 51.6 Å². The van der Waals surface area contributed by atoms with E-state index < -0.39 is 0 Å². The van der Waals surface area contributed by atoms with E-state index in [1.54, 1.807) is 24.5 Å². The summed E-state index contributed by atoms with van der Waals surface area (Å²) in [5, 5.41) is 11.7. The Balaban J connectivity index is 1.27. The van der Waals surface area contributed by atoms with Gasteiger partial charge in [-0.15, -0.1) is 5.10 Å². The molecule has 5 rings (SSSR count). The number of fused-ring (bicyclic) bond motifs is 1. The molecule has 10 heteroatoms. The number of ketones is 1. The summed E-state index contributed by atoms with van der Waals surface area (Å²) in [6, 6.07) is 5.11. The third kappa shape index (κ3) is 4.36. The fourth-order valence-corrected chi connectivity index (χ4v) is 3.59. The zero-order valence-corrected chi connectivity index (χ0v) is 18.7. The van der Waals surface area contributed by atoms with E-state index in [0.717, 1.165) is 23.9 Å². The fraction of sp³-hybridized carbons (Fsp3) is 0.348. The van der Waals surface area contributed by atoms with Gasteiger partial charge >= 0.3 is 0 Å². The van der Waals surface area contributed by atoms with E-state index in [1.807, 2.05) is 16.8 Å². The summed E-state index contributed by atoms with van der Waals surface area (Å²) in [7, 11) is 0. The molecule has 1 amide bonds. The topological polar surface area (TPSA) is 120 Å². The Bertz CT molecular complexity index is 1340. The van der Waals surface area contributed by atoms with E-state index in [2.05, 4.69) is 51.4 Å². The molecular weight excluding hydrogens is 420 g/mol. The summed E-state index contributed by atoms with van der Waals surface area (Å²) in [6.07, 6.45) is 9.07. The van der Waals surface area contributed by atoms with E-state index in [9.17, 15) is 9.59 Å². The average Bonchev–Trinajstić information content (AvgIpc) is 3.36. The minimum Gasteiger partial charge on any atom is -0.327 e. The molecule has 4 heterocycles. The fourth-order valence-electron chi connectivity index (χ4n) is 3.59. The predicted octanol–water partition coefficient (Wildman–Crippen LogP) is 2.92. The summed E-state index contributed by atoms with van der Waals surface area (Å²) in [6.45, 7) is 6.26. The highest BCUT2D eigenvalue weighted by Gasteiger charge is 2.26. The number of nitrogens with zero attached hydrogens (tertiary/aromatic N) is 7. The molecule has 168 valence electrons. The molecule has 0 spiro atoms. The first kappa shape index (κ1) is 20.9. The van der Waals surface area contributed by atoms with Crippen molar-refractivity contribution in [1.29, 1.82) is 0 Å². The number of nitrogens with one attached hydrogen (secondary N) is 1. The lowest BCUT2D eigenvalue weighted by atomic mass is 10.1. The lowest BCUT2D eigenvalue weighted by Crippen LogP contribution is -2.21. The minimum absolute atomic E-state index is 0.0450. The largest absolute Gasteiger partial charge is 0.327 e. The maximum Gasteiger partial charge on any atom is 0.247 e. The average molecular weight is 444 g/mol. The lowest BCUT2D eigenvalue weighted by molar-refractivity contribution is -0.117. The molecule has 0 atom stereocenters. The third-order valence-electron chi connectivity index (χ3n) is 5.50. The van der Waals surface area contributed by atoms with Crippen LogP contribution >= 0.6 is 0 Å². The van der Waals surface area contributed by atoms with Gasteiger partial charge in [0, 0.05) is 47.2 Å². The Morgan fingerprint density at radius 3 is 2.64 bits per heavy atom.